The quantitative estimate of drug-likeness (QED) is 0.430. The van der Waals surface area contributed by atoms with Crippen LogP contribution in [-0.2, 0) is 19.7 Å². The van der Waals surface area contributed by atoms with Crippen LogP contribution in [0.25, 0.3) is 0 Å². The molecule has 0 bridgehead atoms. The van der Waals surface area contributed by atoms with E-state index in [1.54, 1.807) is 0 Å². The SMILES string of the molecule is F[B-](F)(F)F.F[B-](F)(F)F.F[B-](F)(F)F.[F][Pd+3]. The topological polar surface area (TPSA) is 0 Å². The Balaban J connectivity index is -0.0000000693. The van der Waals surface area contributed by atoms with Crippen molar-refractivity contribution in [3.05, 3.63) is 0 Å². The summed E-state index contributed by atoms with van der Waals surface area (Å²) in [5.41, 5.74) is 0. The summed E-state index contributed by atoms with van der Waals surface area (Å²) in [6.07, 6.45) is 0. The van der Waals surface area contributed by atoms with E-state index in [2.05, 4.69) is 0 Å². The molecule has 0 aliphatic heterocycles. The minimum absolute atomic E-state index is 1.25. The van der Waals surface area contributed by atoms with Gasteiger partial charge in [-0.1, -0.05) is 0 Å². The first-order valence-electron chi connectivity index (χ1n) is 2.74. The van der Waals surface area contributed by atoms with Crippen LogP contribution in [-0.4, -0.2) is 21.8 Å². The third-order valence-corrected chi connectivity index (χ3v) is 0. The van der Waals surface area contributed by atoms with Gasteiger partial charge < -0.3 is 51.8 Å². The van der Waals surface area contributed by atoms with Crippen molar-refractivity contribution in [3.63, 3.8) is 0 Å². The molecule has 110 valence electrons. The van der Waals surface area contributed by atoms with Crippen molar-refractivity contribution in [1.29, 1.82) is 0 Å². The molecule has 0 spiro atoms. The maximum atomic E-state index is 9.75. The molecule has 0 aromatic rings. The Hall–Kier alpha value is -0.0529. The van der Waals surface area contributed by atoms with Gasteiger partial charge in [-0.15, -0.1) is 0 Å². The van der Waals surface area contributed by atoms with Gasteiger partial charge in [0.15, 0.2) is 0 Å². The Kier molecular flexibility index (Phi) is 16.7. The van der Waals surface area contributed by atoms with Gasteiger partial charge in [0.25, 0.3) is 0 Å². The number of hydrogen-bond donors (Lipinski definition) is 0. The standard InChI is InChI=1S/3BF4.FH.Pd/c3*2-1(3,4)5;;/h;;;1H;/q3*-1;;+4/p-1. The summed E-state index contributed by atoms with van der Waals surface area (Å²) in [5, 5.41) is 0. The summed E-state index contributed by atoms with van der Waals surface area (Å²) in [4.78, 5) is 0. The van der Waals surface area contributed by atoms with Crippen molar-refractivity contribution < 1.29 is 74.7 Å². The molecule has 0 saturated carbocycles. The molecule has 0 rings (SSSR count). The number of rotatable bonds is 0. The molecule has 0 unspecified atom stereocenters. The summed E-state index contributed by atoms with van der Waals surface area (Å²) in [6.45, 7) is 0. The van der Waals surface area contributed by atoms with Crippen molar-refractivity contribution in [2.75, 3.05) is 0 Å². The Morgan fingerprint density at radius 3 is 0.353 bits per heavy atom. The van der Waals surface area contributed by atoms with Crippen LogP contribution >= 0.6 is 0 Å². The average molecular weight is 386 g/mol. The second kappa shape index (κ2) is 11.1. The number of hydrogen-bond acceptors (Lipinski definition) is 0. The van der Waals surface area contributed by atoms with Crippen molar-refractivity contribution in [2.24, 2.45) is 0 Å². The van der Waals surface area contributed by atoms with Crippen molar-refractivity contribution in [1.82, 2.24) is 0 Å². The van der Waals surface area contributed by atoms with Crippen LogP contribution in [0, 0.1) is 0 Å². The molecule has 0 N–H and O–H groups in total. The second-order valence-corrected chi connectivity index (χ2v) is 1.48. The summed E-state index contributed by atoms with van der Waals surface area (Å²) >= 11 is 1.25. The molecule has 0 heterocycles. The Morgan fingerprint density at radius 1 is 0.353 bits per heavy atom. The average Bonchev–Trinajstić information content (AvgIpc) is 1.77. The molecule has 0 fully saturated rings. The van der Waals surface area contributed by atoms with Gasteiger partial charge in [0.2, 0.25) is 0 Å². The van der Waals surface area contributed by atoms with Gasteiger partial charge in [0.1, 0.15) is 0 Å². The molecule has 0 radical (unpaired) electrons. The number of halogens is 13. The summed E-state index contributed by atoms with van der Waals surface area (Å²) in [6, 6.07) is 0. The predicted octanol–water partition coefficient (Wildman–Crippen LogP) is 4.32. The van der Waals surface area contributed by atoms with Gasteiger partial charge in [-0.05, 0) is 0 Å². The molecule has 17 heteroatoms. The summed E-state index contributed by atoms with van der Waals surface area (Å²) in [7, 11) is -18.0. The first-order chi connectivity index (χ1) is 7.00. The van der Waals surface area contributed by atoms with Gasteiger partial charge >= 0.3 is 44.7 Å². The van der Waals surface area contributed by atoms with Crippen LogP contribution in [0.5, 0.6) is 0 Å². The zero-order chi connectivity index (χ0) is 15.5. The third kappa shape index (κ3) is 1110000. The van der Waals surface area contributed by atoms with Crippen molar-refractivity contribution in [3.8, 4) is 0 Å². The van der Waals surface area contributed by atoms with E-state index in [4.69, 9.17) is 0 Å². The fourth-order valence-electron chi connectivity index (χ4n) is 0. The second-order valence-electron chi connectivity index (χ2n) is 1.48. The molecule has 0 saturated heterocycles. The Bertz CT molecular complexity index is 91.7. The predicted molar refractivity (Wildman–Crippen MR) is 31.7 cm³/mol. The van der Waals surface area contributed by atoms with Crippen LogP contribution in [0.15, 0.2) is 0 Å². The van der Waals surface area contributed by atoms with E-state index in [9.17, 15) is 55.0 Å². The third-order valence-electron chi connectivity index (χ3n) is 0. The van der Waals surface area contributed by atoms with Crippen molar-refractivity contribution >= 4 is 21.8 Å². The fourth-order valence-corrected chi connectivity index (χ4v) is 0. The van der Waals surface area contributed by atoms with Gasteiger partial charge in [-0.3, -0.25) is 0 Å². The van der Waals surface area contributed by atoms with E-state index < -0.39 is 21.8 Å². The molecule has 0 atom stereocenters. The van der Waals surface area contributed by atoms with Gasteiger partial charge in [-0.25, -0.2) is 0 Å². The Labute approximate surface area is 97.3 Å². The van der Waals surface area contributed by atoms with E-state index >= 15 is 0 Å². The molecule has 17 heavy (non-hydrogen) atoms. The molecule has 0 aliphatic carbocycles. The molecular weight excluding hydrogens is 386 g/mol. The summed E-state index contributed by atoms with van der Waals surface area (Å²) < 4.78 is 126. The normalized spacial score (nSPS) is 10.9. The van der Waals surface area contributed by atoms with Crippen molar-refractivity contribution in [2.45, 2.75) is 0 Å². The minimum atomic E-state index is -6.00. The first-order valence-corrected chi connectivity index (χ1v) is 3.33. The van der Waals surface area contributed by atoms with Gasteiger partial charge in [0.05, 0.1) is 0 Å². The van der Waals surface area contributed by atoms with E-state index in [1.165, 1.54) is 19.7 Å². The first kappa shape index (κ1) is 25.7. The molecule has 0 amide bonds. The van der Waals surface area contributed by atoms with Crippen LogP contribution < -0.4 is 0 Å². The molecule has 0 nitrogen and oxygen atoms in total. The summed E-state index contributed by atoms with van der Waals surface area (Å²) in [5.74, 6) is 0. The van der Waals surface area contributed by atoms with Crippen LogP contribution in [0.4, 0.5) is 55.0 Å². The van der Waals surface area contributed by atoms with E-state index in [0.29, 0.717) is 0 Å². The fraction of sp³-hybridized carbons (Fsp3) is 0. The zero-order valence-electron chi connectivity index (χ0n) is 6.96. The van der Waals surface area contributed by atoms with E-state index in [0.717, 1.165) is 0 Å². The van der Waals surface area contributed by atoms with Gasteiger partial charge in [0, 0.05) is 0 Å². The van der Waals surface area contributed by atoms with Gasteiger partial charge in [-0.2, -0.15) is 0 Å². The maximum absolute atomic E-state index is 9.75. The Morgan fingerprint density at radius 2 is 0.353 bits per heavy atom. The molecule has 0 aromatic carbocycles. The zero-order valence-corrected chi connectivity index (χ0v) is 8.52. The molecule has 0 aliphatic rings. The van der Waals surface area contributed by atoms with E-state index in [-0.39, 0.29) is 0 Å². The van der Waals surface area contributed by atoms with E-state index in [1.807, 2.05) is 0 Å². The van der Waals surface area contributed by atoms with Crippen LogP contribution in [0.3, 0.4) is 0 Å². The van der Waals surface area contributed by atoms with Crippen LogP contribution in [0.1, 0.15) is 0 Å². The van der Waals surface area contributed by atoms with Crippen LogP contribution in [0.2, 0.25) is 0 Å². The molecule has 0 aromatic heterocycles. The molecular formula is B3F13Pd. The monoisotopic (exact) mass is 386 g/mol.